The van der Waals surface area contributed by atoms with E-state index in [-0.39, 0.29) is 5.82 Å². The first-order chi connectivity index (χ1) is 12.1. The topological polar surface area (TPSA) is 54.5 Å². The van der Waals surface area contributed by atoms with Crippen molar-refractivity contribution >= 4 is 15.9 Å². The summed E-state index contributed by atoms with van der Waals surface area (Å²) >= 11 is 3.43. The molecule has 4 nitrogen and oxygen atoms in total. The molecule has 2 aromatic carbocycles. The molecule has 0 amide bonds. The van der Waals surface area contributed by atoms with Gasteiger partial charge in [0.2, 0.25) is 0 Å². The van der Waals surface area contributed by atoms with Gasteiger partial charge in [-0.25, -0.2) is 9.37 Å². The van der Waals surface area contributed by atoms with Gasteiger partial charge in [0.15, 0.2) is 0 Å². The van der Waals surface area contributed by atoms with E-state index in [9.17, 15) is 9.65 Å². The van der Waals surface area contributed by atoms with Crippen LogP contribution in [-0.2, 0) is 18.4 Å². The van der Waals surface area contributed by atoms with Crippen molar-refractivity contribution in [1.29, 1.82) is 5.26 Å². The first-order valence-electron chi connectivity index (χ1n) is 7.85. The molecule has 0 radical (unpaired) electrons. The van der Waals surface area contributed by atoms with E-state index in [1.807, 2.05) is 24.3 Å². The fraction of sp³-hybridized carbons (Fsp3) is 0.211. The van der Waals surface area contributed by atoms with Gasteiger partial charge in [0, 0.05) is 4.47 Å². The second-order valence-corrected chi connectivity index (χ2v) is 6.84. The minimum Gasteiger partial charge on any atom is -0.251 e. The van der Waals surface area contributed by atoms with E-state index >= 15 is 0 Å². The molecule has 0 saturated carbocycles. The SMILES string of the molecule is N#CC(CCc1ccc(Br)cc1)(Cn1cncn1)c1ccc(F)cc1. The minimum absolute atomic E-state index is 0.316. The Balaban J connectivity index is 1.91. The zero-order chi connectivity index (χ0) is 17.7. The lowest BCUT2D eigenvalue weighted by Gasteiger charge is -2.27. The number of halogens is 2. The Morgan fingerprint density at radius 3 is 2.44 bits per heavy atom. The van der Waals surface area contributed by atoms with Crippen LogP contribution in [0.2, 0.25) is 0 Å². The zero-order valence-corrected chi connectivity index (χ0v) is 15.0. The summed E-state index contributed by atoms with van der Waals surface area (Å²) in [6.45, 7) is 0.367. The number of rotatable bonds is 6. The average Bonchev–Trinajstić information content (AvgIpc) is 3.13. The molecule has 0 bridgehead atoms. The van der Waals surface area contributed by atoms with Gasteiger partial charge in [-0.2, -0.15) is 10.4 Å². The molecule has 1 heterocycles. The lowest BCUT2D eigenvalue weighted by Crippen LogP contribution is -2.31. The molecule has 3 rings (SSSR count). The average molecular weight is 399 g/mol. The standard InChI is InChI=1S/C19H16BrFN4/c20-17-5-1-15(2-6-17)9-10-19(11-22,12-25-14-23-13-24-25)16-3-7-18(21)8-4-16/h1-8,13-14H,9-10,12H2. The smallest absolute Gasteiger partial charge is 0.137 e. The van der Waals surface area contributed by atoms with E-state index in [0.29, 0.717) is 13.0 Å². The van der Waals surface area contributed by atoms with Gasteiger partial charge >= 0.3 is 0 Å². The second-order valence-electron chi connectivity index (χ2n) is 5.92. The molecule has 0 aliphatic rings. The van der Waals surface area contributed by atoms with Gasteiger partial charge in [-0.3, -0.25) is 4.68 Å². The number of hydrogen-bond donors (Lipinski definition) is 0. The number of benzene rings is 2. The van der Waals surface area contributed by atoms with E-state index in [2.05, 4.69) is 32.1 Å². The lowest BCUT2D eigenvalue weighted by atomic mass is 9.77. The molecule has 3 aromatic rings. The summed E-state index contributed by atoms with van der Waals surface area (Å²) in [5, 5.41) is 14.1. The van der Waals surface area contributed by atoms with Crippen molar-refractivity contribution in [3.8, 4) is 6.07 Å². The van der Waals surface area contributed by atoms with Gasteiger partial charge in [-0.1, -0.05) is 40.2 Å². The molecule has 0 spiro atoms. The molecule has 0 aliphatic heterocycles. The molecular weight excluding hydrogens is 383 g/mol. The van der Waals surface area contributed by atoms with Gasteiger partial charge in [0.1, 0.15) is 23.9 Å². The molecule has 1 unspecified atom stereocenters. The van der Waals surface area contributed by atoms with Crippen LogP contribution in [0.4, 0.5) is 4.39 Å². The van der Waals surface area contributed by atoms with Crippen LogP contribution in [0.15, 0.2) is 65.7 Å². The zero-order valence-electron chi connectivity index (χ0n) is 13.4. The maximum atomic E-state index is 13.3. The third kappa shape index (κ3) is 4.12. The predicted octanol–water partition coefficient (Wildman–Crippen LogP) is 4.27. The highest BCUT2D eigenvalue weighted by atomic mass is 79.9. The highest BCUT2D eigenvalue weighted by molar-refractivity contribution is 9.10. The van der Waals surface area contributed by atoms with Gasteiger partial charge in [0.05, 0.1) is 12.6 Å². The number of nitriles is 1. The normalized spacial score (nSPS) is 13.2. The highest BCUT2D eigenvalue weighted by Gasteiger charge is 2.33. The summed E-state index contributed by atoms with van der Waals surface area (Å²) in [4.78, 5) is 3.95. The fourth-order valence-corrected chi connectivity index (χ4v) is 3.10. The molecule has 0 aliphatic carbocycles. The Hall–Kier alpha value is -2.52. The van der Waals surface area contributed by atoms with Crippen molar-refractivity contribution in [3.63, 3.8) is 0 Å². The largest absolute Gasteiger partial charge is 0.251 e. The third-order valence-corrected chi connectivity index (χ3v) is 4.79. The monoisotopic (exact) mass is 398 g/mol. The summed E-state index contributed by atoms with van der Waals surface area (Å²) in [5.74, 6) is -0.316. The van der Waals surface area contributed by atoms with Crippen LogP contribution in [0.1, 0.15) is 17.5 Å². The van der Waals surface area contributed by atoms with Gasteiger partial charge < -0.3 is 0 Å². The van der Waals surface area contributed by atoms with Crippen molar-refractivity contribution in [3.05, 3.63) is 82.6 Å². The Labute approximate surface area is 154 Å². The maximum Gasteiger partial charge on any atom is 0.137 e. The van der Waals surface area contributed by atoms with Crippen LogP contribution in [0.25, 0.3) is 0 Å². The minimum atomic E-state index is -0.811. The molecule has 6 heteroatoms. The fourth-order valence-electron chi connectivity index (χ4n) is 2.84. The third-order valence-electron chi connectivity index (χ3n) is 4.26. The first-order valence-corrected chi connectivity index (χ1v) is 8.65. The van der Waals surface area contributed by atoms with E-state index in [4.69, 9.17) is 0 Å². The molecule has 126 valence electrons. The quantitative estimate of drug-likeness (QED) is 0.622. The van der Waals surface area contributed by atoms with E-state index in [0.717, 1.165) is 22.0 Å². The summed E-state index contributed by atoms with van der Waals surface area (Å²) < 4.78 is 16.0. The Morgan fingerprint density at radius 2 is 1.84 bits per heavy atom. The van der Waals surface area contributed by atoms with Crippen LogP contribution < -0.4 is 0 Å². The molecule has 1 aromatic heterocycles. The second kappa shape index (κ2) is 7.58. The molecule has 1 atom stereocenters. The van der Waals surface area contributed by atoms with Crippen LogP contribution >= 0.6 is 15.9 Å². The van der Waals surface area contributed by atoms with Gasteiger partial charge in [-0.15, -0.1) is 0 Å². The Bertz CT molecular complexity index is 854. The maximum absolute atomic E-state index is 13.3. The first kappa shape index (κ1) is 17.3. The Morgan fingerprint density at radius 1 is 1.12 bits per heavy atom. The van der Waals surface area contributed by atoms with Crippen molar-refractivity contribution in [2.75, 3.05) is 0 Å². The van der Waals surface area contributed by atoms with E-state index in [1.54, 1.807) is 23.1 Å². The summed E-state index contributed by atoms with van der Waals surface area (Å²) in [6, 6.07) is 16.6. The van der Waals surface area contributed by atoms with E-state index in [1.165, 1.54) is 18.5 Å². The highest BCUT2D eigenvalue weighted by Crippen LogP contribution is 2.31. The lowest BCUT2D eigenvalue weighted by molar-refractivity contribution is 0.401. The molecule has 0 saturated heterocycles. The number of nitrogens with zero attached hydrogens (tertiary/aromatic N) is 4. The van der Waals surface area contributed by atoms with Crippen LogP contribution in [-0.4, -0.2) is 14.8 Å². The summed E-state index contributed by atoms with van der Waals surface area (Å²) in [6.07, 6.45) is 4.36. The predicted molar refractivity (Wildman–Crippen MR) is 96.2 cm³/mol. The number of aromatic nitrogens is 3. The van der Waals surface area contributed by atoms with Gasteiger partial charge in [0.25, 0.3) is 0 Å². The van der Waals surface area contributed by atoms with Crippen molar-refractivity contribution in [2.24, 2.45) is 0 Å². The van der Waals surface area contributed by atoms with Crippen molar-refractivity contribution in [1.82, 2.24) is 14.8 Å². The van der Waals surface area contributed by atoms with Crippen molar-refractivity contribution < 1.29 is 4.39 Å². The molecule has 0 fully saturated rings. The van der Waals surface area contributed by atoms with E-state index < -0.39 is 5.41 Å². The molecule has 0 N–H and O–H groups in total. The van der Waals surface area contributed by atoms with Crippen LogP contribution in [0.3, 0.4) is 0 Å². The number of hydrogen-bond acceptors (Lipinski definition) is 3. The Kier molecular flexibility index (Phi) is 5.25. The summed E-state index contributed by atoms with van der Waals surface area (Å²) in [7, 11) is 0. The van der Waals surface area contributed by atoms with Gasteiger partial charge in [-0.05, 0) is 48.2 Å². The van der Waals surface area contributed by atoms with Crippen LogP contribution in [0, 0.1) is 17.1 Å². The molecular formula is C19H16BrFN4. The van der Waals surface area contributed by atoms with Crippen molar-refractivity contribution in [2.45, 2.75) is 24.8 Å². The van der Waals surface area contributed by atoms with Crippen LogP contribution in [0.5, 0.6) is 0 Å². The number of aryl methyl sites for hydroxylation is 1. The molecule has 25 heavy (non-hydrogen) atoms. The summed E-state index contributed by atoms with van der Waals surface area (Å²) in [5.41, 5.74) is 1.11.